The van der Waals surface area contributed by atoms with Crippen LogP contribution in [0.15, 0.2) is 24.4 Å². The molecule has 1 aromatic carbocycles. The first kappa shape index (κ1) is 17.1. The molecule has 24 heavy (non-hydrogen) atoms. The van der Waals surface area contributed by atoms with E-state index in [4.69, 9.17) is 23.2 Å². The first-order chi connectivity index (χ1) is 11.3. The second kappa shape index (κ2) is 6.29. The van der Waals surface area contributed by atoms with Crippen molar-refractivity contribution in [3.8, 4) is 5.69 Å². The molecular weight excluding hydrogens is 368 g/mol. The normalized spacial score (nSPS) is 14.7. The Kier molecular flexibility index (Phi) is 4.48. The molecule has 1 fully saturated rings. The fourth-order valence-corrected chi connectivity index (χ4v) is 2.82. The molecule has 1 aromatic heterocycles. The third-order valence-corrected chi connectivity index (χ3v) is 4.03. The van der Waals surface area contributed by atoms with Crippen molar-refractivity contribution in [2.45, 2.75) is 24.9 Å². The van der Waals surface area contributed by atoms with Crippen LogP contribution in [0.1, 0.15) is 34.8 Å². The SMILES string of the molecule is O=C(OCC(F)(F)F)c1cnn(-c2ccc(Cl)cc2Cl)c1C1CC1. The Hall–Kier alpha value is -1.73. The molecule has 0 spiro atoms. The molecule has 0 aliphatic heterocycles. The highest BCUT2D eigenvalue weighted by Crippen LogP contribution is 2.43. The smallest absolute Gasteiger partial charge is 0.422 e. The summed E-state index contributed by atoms with van der Waals surface area (Å²) in [4.78, 5) is 12.0. The number of hydrogen-bond donors (Lipinski definition) is 0. The zero-order valence-corrected chi connectivity index (χ0v) is 13.6. The Morgan fingerprint density at radius 3 is 2.62 bits per heavy atom. The number of alkyl halides is 3. The van der Waals surface area contributed by atoms with E-state index in [9.17, 15) is 18.0 Å². The maximum atomic E-state index is 12.2. The van der Waals surface area contributed by atoms with Crippen LogP contribution in [-0.2, 0) is 4.74 Å². The fraction of sp³-hybridized carbons (Fsp3) is 0.333. The highest BCUT2D eigenvalue weighted by atomic mass is 35.5. The minimum Gasteiger partial charge on any atom is -0.452 e. The topological polar surface area (TPSA) is 44.1 Å². The van der Waals surface area contributed by atoms with Gasteiger partial charge in [-0.2, -0.15) is 18.3 Å². The largest absolute Gasteiger partial charge is 0.452 e. The van der Waals surface area contributed by atoms with Crippen LogP contribution < -0.4 is 0 Å². The van der Waals surface area contributed by atoms with Gasteiger partial charge in [0.1, 0.15) is 5.56 Å². The highest BCUT2D eigenvalue weighted by Gasteiger charge is 2.35. The Bertz CT molecular complexity index is 786. The second-order valence-corrected chi connectivity index (χ2v) is 6.26. The van der Waals surface area contributed by atoms with E-state index in [0.717, 1.165) is 12.8 Å². The van der Waals surface area contributed by atoms with Crippen molar-refractivity contribution in [2.24, 2.45) is 0 Å². The minimum atomic E-state index is -4.58. The number of esters is 1. The molecule has 128 valence electrons. The van der Waals surface area contributed by atoms with Crippen LogP contribution in [-0.4, -0.2) is 28.5 Å². The summed E-state index contributed by atoms with van der Waals surface area (Å²) in [6.45, 7) is -1.64. The van der Waals surface area contributed by atoms with E-state index in [1.807, 2.05) is 0 Å². The van der Waals surface area contributed by atoms with Crippen molar-refractivity contribution in [1.82, 2.24) is 9.78 Å². The summed E-state index contributed by atoms with van der Waals surface area (Å²) < 4.78 is 42.5. The summed E-state index contributed by atoms with van der Waals surface area (Å²) in [6.07, 6.45) is -1.74. The molecule has 0 N–H and O–H groups in total. The van der Waals surface area contributed by atoms with Gasteiger partial charge >= 0.3 is 12.1 Å². The van der Waals surface area contributed by atoms with Crippen LogP contribution in [0, 0.1) is 0 Å². The lowest BCUT2D eigenvalue weighted by atomic mass is 10.1. The van der Waals surface area contributed by atoms with Gasteiger partial charge in [-0.3, -0.25) is 0 Å². The first-order valence-corrected chi connectivity index (χ1v) is 7.79. The molecule has 1 saturated carbocycles. The van der Waals surface area contributed by atoms with Gasteiger partial charge in [-0.25, -0.2) is 9.48 Å². The molecule has 4 nitrogen and oxygen atoms in total. The molecule has 1 heterocycles. The van der Waals surface area contributed by atoms with E-state index in [2.05, 4.69) is 9.84 Å². The van der Waals surface area contributed by atoms with E-state index in [1.54, 1.807) is 12.1 Å². The molecule has 0 atom stereocenters. The number of benzene rings is 1. The van der Waals surface area contributed by atoms with Crippen molar-refractivity contribution < 1.29 is 22.7 Å². The standard InChI is InChI=1S/C15H11Cl2F3N2O2/c16-9-3-4-12(11(17)5-9)22-13(8-1-2-8)10(6-21-22)14(23)24-7-15(18,19)20/h3-6,8H,1-2,7H2. The average Bonchev–Trinajstić information content (AvgIpc) is 3.23. The number of rotatable bonds is 4. The van der Waals surface area contributed by atoms with Crippen LogP contribution in [0.2, 0.25) is 10.0 Å². The van der Waals surface area contributed by atoms with Gasteiger partial charge in [0.2, 0.25) is 0 Å². The number of aromatic nitrogens is 2. The summed E-state index contributed by atoms with van der Waals surface area (Å²) in [5.41, 5.74) is 1.03. The molecule has 1 aliphatic rings. The molecule has 0 amide bonds. The van der Waals surface area contributed by atoms with E-state index in [-0.39, 0.29) is 11.5 Å². The molecule has 0 unspecified atom stereocenters. The number of halogens is 5. The zero-order chi connectivity index (χ0) is 17.5. The number of ether oxygens (including phenoxy) is 1. The van der Waals surface area contributed by atoms with Crippen LogP contribution in [0.25, 0.3) is 5.69 Å². The summed E-state index contributed by atoms with van der Waals surface area (Å²) in [5.74, 6) is -1.02. The predicted molar refractivity (Wildman–Crippen MR) is 81.9 cm³/mol. The van der Waals surface area contributed by atoms with Gasteiger partial charge in [-0.05, 0) is 31.0 Å². The molecular formula is C15H11Cl2F3N2O2. The van der Waals surface area contributed by atoms with Gasteiger partial charge in [0.05, 0.1) is 22.6 Å². The van der Waals surface area contributed by atoms with Crippen molar-refractivity contribution in [1.29, 1.82) is 0 Å². The van der Waals surface area contributed by atoms with Gasteiger partial charge in [-0.15, -0.1) is 0 Å². The molecule has 9 heteroatoms. The third kappa shape index (κ3) is 3.67. The average molecular weight is 379 g/mol. The molecule has 3 rings (SSSR count). The van der Waals surface area contributed by atoms with Crippen LogP contribution >= 0.6 is 23.2 Å². The number of nitrogens with zero attached hydrogens (tertiary/aromatic N) is 2. The Morgan fingerprint density at radius 1 is 1.33 bits per heavy atom. The van der Waals surface area contributed by atoms with Crippen molar-refractivity contribution in [3.63, 3.8) is 0 Å². The minimum absolute atomic E-state index is 0.0211. The monoisotopic (exact) mass is 378 g/mol. The van der Waals surface area contributed by atoms with Gasteiger partial charge in [0.25, 0.3) is 0 Å². The maximum absolute atomic E-state index is 12.2. The van der Waals surface area contributed by atoms with Crippen LogP contribution in [0.4, 0.5) is 13.2 Å². The Morgan fingerprint density at radius 2 is 2.04 bits per heavy atom. The van der Waals surface area contributed by atoms with Crippen LogP contribution in [0.3, 0.4) is 0 Å². The van der Waals surface area contributed by atoms with Gasteiger partial charge in [-0.1, -0.05) is 23.2 Å². The summed E-state index contributed by atoms with van der Waals surface area (Å²) in [6, 6.07) is 4.77. The molecule has 1 aliphatic carbocycles. The zero-order valence-electron chi connectivity index (χ0n) is 12.1. The van der Waals surface area contributed by atoms with Crippen molar-refractivity contribution in [2.75, 3.05) is 6.61 Å². The first-order valence-electron chi connectivity index (χ1n) is 7.03. The van der Waals surface area contributed by atoms with Gasteiger partial charge in [0.15, 0.2) is 6.61 Å². The number of hydrogen-bond acceptors (Lipinski definition) is 3. The maximum Gasteiger partial charge on any atom is 0.422 e. The predicted octanol–water partition coefficient (Wildman–Crippen LogP) is 4.78. The van der Waals surface area contributed by atoms with E-state index in [1.165, 1.54) is 16.9 Å². The molecule has 2 aromatic rings. The summed E-state index contributed by atoms with van der Waals surface area (Å²) in [5, 5.41) is 4.87. The molecule has 0 saturated heterocycles. The lowest BCUT2D eigenvalue weighted by Crippen LogP contribution is -2.21. The lowest BCUT2D eigenvalue weighted by Gasteiger charge is -2.11. The molecule has 0 bridgehead atoms. The van der Waals surface area contributed by atoms with Crippen molar-refractivity contribution in [3.05, 3.63) is 45.7 Å². The van der Waals surface area contributed by atoms with Crippen molar-refractivity contribution >= 4 is 29.2 Å². The summed E-state index contributed by atoms with van der Waals surface area (Å²) in [7, 11) is 0. The van der Waals surface area contributed by atoms with Gasteiger partial charge in [0, 0.05) is 10.9 Å². The quantitative estimate of drug-likeness (QED) is 0.719. The second-order valence-electron chi connectivity index (χ2n) is 5.42. The molecule has 0 radical (unpaired) electrons. The highest BCUT2D eigenvalue weighted by molar-refractivity contribution is 6.35. The third-order valence-electron chi connectivity index (χ3n) is 3.50. The Balaban J connectivity index is 1.95. The van der Waals surface area contributed by atoms with E-state index >= 15 is 0 Å². The Labute approximate surface area is 145 Å². The van der Waals surface area contributed by atoms with E-state index < -0.39 is 18.8 Å². The summed E-state index contributed by atoms with van der Waals surface area (Å²) >= 11 is 12.0. The number of carbonyl (C=O) groups is 1. The van der Waals surface area contributed by atoms with Gasteiger partial charge < -0.3 is 4.74 Å². The fourth-order valence-electron chi connectivity index (χ4n) is 2.33. The lowest BCUT2D eigenvalue weighted by molar-refractivity contribution is -0.161. The van der Waals surface area contributed by atoms with Crippen LogP contribution in [0.5, 0.6) is 0 Å². The van der Waals surface area contributed by atoms with E-state index in [0.29, 0.717) is 21.4 Å². The number of carbonyl (C=O) groups excluding carboxylic acids is 1.